The second kappa shape index (κ2) is 9.78. The van der Waals surface area contributed by atoms with Gasteiger partial charge in [-0.15, -0.1) is 0 Å². The van der Waals surface area contributed by atoms with Gasteiger partial charge in [0.15, 0.2) is 5.76 Å². The topological polar surface area (TPSA) is 122 Å². The third-order valence-electron chi connectivity index (χ3n) is 3.96. The molecule has 1 aliphatic heterocycles. The van der Waals surface area contributed by atoms with E-state index in [1.807, 2.05) is 0 Å². The van der Waals surface area contributed by atoms with Gasteiger partial charge in [-0.1, -0.05) is 24.9 Å². The molecule has 4 N–H and O–H groups in total. The van der Waals surface area contributed by atoms with Crippen LogP contribution in [0.3, 0.4) is 0 Å². The molecule has 0 amide bonds. The van der Waals surface area contributed by atoms with Crippen LogP contribution in [0.4, 0.5) is 5.69 Å². The number of ether oxygens (including phenoxy) is 1. The van der Waals surface area contributed by atoms with E-state index in [-0.39, 0.29) is 17.8 Å². The molecular formula is C19H25N7O2S. The first-order chi connectivity index (χ1) is 13.8. The Hall–Kier alpha value is -3.27. The number of thioether (sulfide) groups is 1. The summed E-state index contributed by atoms with van der Waals surface area (Å²) in [5.74, 6) is 0.316. The Bertz CT molecular complexity index is 975. The zero-order valence-corrected chi connectivity index (χ0v) is 17.5. The zero-order chi connectivity index (χ0) is 21.6. The summed E-state index contributed by atoms with van der Waals surface area (Å²) in [6.45, 7) is 7.96. The normalized spacial score (nSPS) is 14.3. The summed E-state index contributed by atoms with van der Waals surface area (Å²) in [4.78, 5) is 13.7. The van der Waals surface area contributed by atoms with Crippen molar-refractivity contribution < 1.29 is 4.74 Å². The van der Waals surface area contributed by atoms with Crippen molar-refractivity contribution in [3.05, 3.63) is 65.1 Å². The van der Waals surface area contributed by atoms with E-state index in [0.717, 1.165) is 10.6 Å². The predicted octanol–water partition coefficient (Wildman–Crippen LogP) is 1.86. The van der Waals surface area contributed by atoms with Crippen LogP contribution in [0.1, 0.15) is 12.0 Å². The summed E-state index contributed by atoms with van der Waals surface area (Å²) in [5.41, 5.74) is 6.88. The SMILES string of the molecule is C=C(/C=C\N)CC1=NN(C)c2c(cnn(CC(=N)/C(=C\NC)OC)c2=O)C(=C)S1. The summed E-state index contributed by atoms with van der Waals surface area (Å²) in [7, 11) is 4.85. The smallest absolute Gasteiger partial charge is 0.293 e. The number of allylic oxidation sites excluding steroid dienone is 3. The van der Waals surface area contributed by atoms with Gasteiger partial charge in [-0.05, 0) is 17.8 Å². The molecule has 1 aliphatic rings. The molecule has 0 fully saturated rings. The lowest BCUT2D eigenvalue weighted by Gasteiger charge is -2.16. The van der Waals surface area contributed by atoms with Crippen LogP contribution in [0, 0.1) is 5.41 Å². The summed E-state index contributed by atoms with van der Waals surface area (Å²) in [6.07, 6.45) is 6.72. The van der Waals surface area contributed by atoms with Crippen LogP contribution in [0.5, 0.6) is 0 Å². The Kier molecular flexibility index (Phi) is 7.43. The lowest BCUT2D eigenvalue weighted by molar-refractivity contribution is 0.310. The molecule has 0 radical (unpaired) electrons. The molecule has 2 rings (SSSR count). The molecule has 2 heterocycles. The van der Waals surface area contributed by atoms with Crippen LogP contribution >= 0.6 is 11.8 Å². The molecule has 0 spiro atoms. The molecule has 0 aliphatic carbocycles. The van der Waals surface area contributed by atoms with Crippen LogP contribution in [-0.4, -0.2) is 41.7 Å². The summed E-state index contributed by atoms with van der Waals surface area (Å²) in [6, 6.07) is 0. The van der Waals surface area contributed by atoms with Crippen molar-refractivity contribution in [1.29, 1.82) is 5.41 Å². The second-order valence-electron chi connectivity index (χ2n) is 6.09. The fourth-order valence-corrected chi connectivity index (χ4v) is 3.60. The molecule has 10 heteroatoms. The fourth-order valence-electron chi connectivity index (χ4n) is 2.63. The van der Waals surface area contributed by atoms with Crippen LogP contribution < -0.4 is 21.6 Å². The minimum atomic E-state index is -0.373. The maximum absolute atomic E-state index is 13.1. The molecule has 0 unspecified atom stereocenters. The van der Waals surface area contributed by atoms with E-state index in [4.69, 9.17) is 15.9 Å². The Morgan fingerprint density at radius 2 is 2.24 bits per heavy atom. The summed E-state index contributed by atoms with van der Waals surface area (Å²) in [5, 5.41) is 22.0. The number of nitrogens with zero attached hydrogens (tertiary/aromatic N) is 4. The van der Waals surface area contributed by atoms with E-state index >= 15 is 0 Å². The van der Waals surface area contributed by atoms with Crippen molar-refractivity contribution in [2.45, 2.75) is 13.0 Å². The van der Waals surface area contributed by atoms with Gasteiger partial charge in [-0.25, -0.2) is 4.68 Å². The van der Waals surface area contributed by atoms with Gasteiger partial charge >= 0.3 is 0 Å². The Morgan fingerprint density at radius 1 is 1.52 bits per heavy atom. The van der Waals surface area contributed by atoms with Crippen molar-refractivity contribution in [3.8, 4) is 0 Å². The minimum Gasteiger partial charge on any atom is -0.493 e. The quantitative estimate of drug-likeness (QED) is 0.336. The van der Waals surface area contributed by atoms with Crippen molar-refractivity contribution in [2.24, 2.45) is 10.8 Å². The number of nitrogens with two attached hydrogens (primary N) is 1. The van der Waals surface area contributed by atoms with E-state index in [9.17, 15) is 4.79 Å². The van der Waals surface area contributed by atoms with Gasteiger partial charge in [0.05, 0.1) is 25.6 Å². The third-order valence-corrected chi connectivity index (χ3v) is 4.88. The van der Waals surface area contributed by atoms with Crippen molar-refractivity contribution in [1.82, 2.24) is 15.1 Å². The van der Waals surface area contributed by atoms with Crippen LogP contribution in [-0.2, 0) is 11.3 Å². The number of hydrazone groups is 1. The lowest BCUT2D eigenvalue weighted by Crippen LogP contribution is -2.32. The van der Waals surface area contributed by atoms with Crippen LogP contribution in [0.2, 0.25) is 0 Å². The molecule has 154 valence electrons. The van der Waals surface area contributed by atoms with Crippen LogP contribution in [0.15, 0.2) is 59.1 Å². The van der Waals surface area contributed by atoms with Gasteiger partial charge in [-0.2, -0.15) is 10.2 Å². The standard InChI is InChI=1S/C19H25N7O2S/c1-12(6-7-20)8-17-24-25(4)18-14(13(2)29-17)9-23-26(19(18)27)11-15(21)16(28-5)10-22-3/h6-7,9-10,21-22H,1-2,8,11,20H2,3-5H3/b7-6-,16-10+,21-15?. The molecule has 0 atom stereocenters. The third kappa shape index (κ3) is 5.17. The number of anilines is 1. The Morgan fingerprint density at radius 3 is 2.86 bits per heavy atom. The maximum Gasteiger partial charge on any atom is 0.293 e. The number of methoxy groups -OCH3 is 1. The van der Waals surface area contributed by atoms with E-state index in [1.54, 1.807) is 32.6 Å². The molecule has 29 heavy (non-hydrogen) atoms. The molecule has 0 aromatic carbocycles. The predicted molar refractivity (Wildman–Crippen MR) is 120 cm³/mol. The van der Waals surface area contributed by atoms with Gasteiger partial charge in [0.1, 0.15) is 10.7 Å². The Labute approximate surface area is 173 Å². The number of hydrogen-bond acceptors (Lipinski definition) is 9. The van der Waals surface area contributed by atoms with Gasteiger partial charge in [0.25, 0.3) is 5.56 Å². The highest BCUT2D eigenvalue weighted by Gasteiger charge is 2.23. The second-order valence-corrected chi connectivity index (χ2v) is 7.25. The molecular weight excluding hydrogens is 390 g/mol. The lowest BCUT2D eigenvalue weighted by atomic mass is 10.2. The fraction of sp³-hybridized carbons (Fsp3) is 0.263. The highest BCUT2D eigenvalue weighted by atomic mass is 32.2. The number of fused-ring (bicyclic) bond motifs is 1. The number of aromatic nitrogens is 2. The highest BCUT2D eigenvalue weighted by Crippen LogP contribution is 2.36. The van der Waals surface area contributed by atoms with Gasteiger partial charge in [-0.3, -0.25) is 15.2 Å². The first-order valence-corrected chi connectivity index (χ1v) is 9.47. The molecule has 0 bridgehead atoms. The number of rotatable bonds is 8. The number of hydrogen-bond donors (Lipinski definition) is 3. The van der Waals surface area contributed by atoms with Gasteiger partial charge in [0.2, 0.25) is 0 Å². The monoisotopic (exact) mass is 415 g/mol. The minimum absolute atomic E-state index is 0.0460. The van der Waals surface area contributed by atoms with E-state index in [1.165, 1.54) is 34.8 Å². The van der Waals surface area contributed by atoms with E-state index in [0.29, 0.717) is 28.3 Å². The first kappa shape index (κ1) is 22.0. The van der Waals surface area contributed by atoms with Crippen LogP contribution in [0.25, 0.3) is 4.91 Å². The van der Waals surface area contributed by atoms with Crippen molar-refractivity contribution in [3.63, 3.8) is 0 Å². The summed E-state index contributed by atoms with van der Waals surface area (Å²) < 4.78 is 6.37. The molecule has 0 saturated carbocycles. The molecule has 1 aromatic rings. The highest BCUT2D eigenvalue weighted by molar-refractivity contribution is 8.21. The summed E-state index contributed by atoms with van der Waals surface area (Å²) >= 11 is 1.36. The average Bonchev–Trinajstić information content (AvgIpc) is 2.78. The first-order valence-electron chi connectivity index (χ1n) is 8.66. The van der Waals surface area contributed by atoms with Crippen molar-refractivity contribution in [2.75, 3.05) is 26.2 Å². The maximum atomic E-state index is 13.1. The van der Waals surface area contributed by atoms with E-state index in [2.05, 4.69) is 28.7 Å². The molecule has 0 saturated heterocycles. The molecule has 1 aromatic heterocycles. The van der Waals surface area contributed by atoms with Gasteiger partial charge in [0, 0.05) is 37.2 Å². The van der Waals surface area contributed by atoms with Gasteiger partial charge < -0.3 is 15.8 Å². The Balaban J connectivity index is 2.40. The average molecular weight is 416 g/mol. The zero-order valence-electron chi connectivity index (χ0n) is 16.7. The largest absolute Gasteiger partial charge is 0.493 e. The number of nitrogens with one attached hydrogen (secondary N) is 2. The molecule has 9 nitrogen and oxygen atoms in total. The van der Waals surface area contributed by atoms with E-state index < -0.39 is 0 Å². The van der Waals surface area contributed by atoms with Crippen molar-refractivity contribution >= 4 is 33.1 Å².